The third-order valence-corrected chi connectivity index (χ3v) is 3.99. The summed E-state index contributed by atoms with van der Waals surface area (Å²) in [5.74, 6) is -1.16. The van der Waals surface area contributed by atoms with E-state index in [0.29, 0.717) is 0 Å². The number of hydrogen-bond acceptors (Lipinski definition) is 5. The van der Waals surface area contributed by atoms with E-state index in [9.17, 15) is 18.3 Å². The number of aromatic carboxylic acids is 1. The van der Waals surface area contributed by atoms with Crippen LogP contribution in [-0.4, -0.2) is 63.9 Å². The first-order valence-electron chi connectivity index (χ1n) is 6.55. The van der Waals surface area contributed by atoms with Crippen molar-refractivity contribution in [1.29, 1.82) is 0 Å². The summed E-state index contributed by atoms with van der Waals surface area (Å²) in [6.07, 6.45) is 0.993. The molecule has 0 bridgehead atoms. The van der Waals surface area contributed by atoms with E-state index in [4.69, 9.17) is 0 Å². The topological polar surface area (TPSA) is 90.0 Å². The number of nitrogens with one attached hydrogen (secondary N) is 1. The normalized spacial score (nSPS) is 16.8. The highest BCUT2D eigenvalue weighted by Gasteiger charge is 2.18. The lowest BCUT2D eigenvalue weighted by Crippen LogP contribution is -2.44. The van der Waals surface area contributed by atoms with Gasteiger partial charge in [-0.25, -0.2) is 13.2 Å². The van der Waals surface area contributed by atoms with Crippen molar-refractivity contribution in [1.82, 2.24) is 4.90 Å². The van der Waals surface area contributed by atoms with Gasteiger partial charge in [0.15, 0.2) is 0 Å². The van der Waals surface area contributed by atoms with Crippen LogP contribution in [0.25, 0.3) is 0 Å². The molecule has 0 radical (unpaired) electrons. The predicted octanol–water partition coefficient (Wildman–Crippen LogP) is 0.508. The van der Waals surface area contributed by atoms with Gasteiger partial charge < -0.3 is 14.9 Å². The predicted molar refractivity (Wildman–Crippen MR) is 81.6 cm³/mol. The van der Waals surface area contributed by atoms with E-state index >= 15 is 0 Å². The van der Waals surface area contributed by atoms with E-state index in [0.717, 1.165) is 38.1 Å². The fourth-order valence-corrected chi connectivity index (χ4v) is 2.84. The fraction of sp³-hybridized carbons (Fsp3) is 0.462. The molecule has 21 heavy (non-hydrogen) atoms. The number of benzene rings is 1. The van der Waals surface area contributed by atoms with Gasteiger partial charge >= 0.3 is 5.97 Å². The molecule has 0 aliphatic carbocycles. The Hall–Kier alpha value is -1.80. The number of sulfonamides is 1. The smallest absolute Gasteiger partial charge is 0.337 e. The van der Waals surface area contributed by atoms with Crippen LogP contribution in [0.5, 0.6) is 0 Å². The molecular weight excluding hydrogens is 294 g/mol. The summed E-state index contributed by atoms with van der Waals surface area (Å²) in [5.41, 5.74) is 0.833. The van der Waals surface area contributed by atoms with Gasteiger partial charge in [0, 0.05) is 31.9 Å². The van der Waals surface area contributed by atoms with E-state index in [1.165, 1.54) is 12.1 Å². The Labute approximate surface area is 124 Å². The zero-order valence-electron chi connectivity index (χ0n) is 12.0. The van der Waals surface area contributed by atoms with Crippen LogP contribution >= 0.6 is 0 Å². The van der Waals surface area contributed by atoms with Crippen LogP contribution in [0.2, 0.25) is 0 Å². The van der Waals surface area contributed by atoms with E-state index in [-0.39, 0.29) is 11.3 Å². The van der Waals surface area contributed by atoms with Gasteiger partial charge in [-0.1, -0.05) is 0 Å². The van der Waals surface area contributed by atoms with Gasteiger partial charge in [0.2, 0.25) is 10.0 Å². The lowest BCUT2D eigenvalue weighted by atomic mass is 10.1. The van der Waals surface area contributed by atoms with Gasteiger partial charge in [0.05, 0.1) is 17.5 Å². The largest absolute Gasteiger partial charge is 0.478 e. The summed E-state index contributed by atoms with van der Waals surface area (Å²) in [6.45, 7) is 3.44. The number of anilines is 2. The first-order chi connectivity index (χ1) is 9.76. The minimum Gasteiger partial charge on any atom is -0.478 e. The molecule has 116 valence electrons. The number of likely N-dealkylation sites (N-methyl/N-ethyl adjacent to an activating group) is 1. The Morgan fingerprint density at radius 2 is 1.86 bits per heavy atom. The van der Waals surface area contributed by atoms with Crippen molar-refractivity contribution in [3.63, 3.8) is 0 Å². The Bertz CT molecular complexity index is 637. The molecule has 1 aromatic rings. The lowest BCUT2D eigenvalue weighted by molar-refractivity contribution is 0.0698. The Morgan fingerprint density at radius 3 is 2.38 bits per heavy atom. The number of rotatable bonds is 4. The minimum absolute atomic E-state index is 0.0446. The summed E-state index contributed by atoms with van der Waals surface area (Å²) in [6, 6.07) is 4.75. The average molecular weight is 313 g/mol. The van der Waals surface area contributed by atoms with E-state index in [2.05, 4.69) is 14.5 Å². The molecule has 0 saturated carbocycles. The summed E-state index contributed by atoms with van der Waals surface area (Å²) in [4.78, 5) is 15.6. The van der Waals surface area contributed by atoms with Gasteiger partial charge in [-0.15, -0.1) is 0 Å². The van der Waals surface area contributed by atoms with E-state index in [1.54, 1.807) is 6.07 Å². The van der Waals surface area contributed by atoms with Gasteiger partial charge in [-0.2, -0.15) is 0 Å². The number of hydrogen-bond donors (Lipinski definition) is 2. The van der Waals surface area contributed by atoms with E-state index in [1.807, 2.05) is 7.05 Å². The van der Waals surface area contributed by atoms with Crippen LogP contribution in [0.15, 0.2) is 18.2 Å². The lowest BCUT2D eigenvalue weighted by Gasteiger charge is -2.34. The quantitative estimate of drug-likeness (QED) is 0.842. The third-order valence-electron chi connectivity index (χ3n) is 3.40. The van der Waals surface area contributed by atoms with Crippen molar-refractivity contribution in [3.05, 3.63) is 23.8 Å². The molecular formula is C13H19N3O4S. The molecule has 2 rings (SSSR count). The van der Waals surface area contributed by atoms with Crippen molar-refractivity contribution in [2.45, 2.75) is 0 Å². The first-order valence-corrected chi connectivity index (χ1v) is 8.44. The summed E-state index contributed by atoms with van der Waals surface area (Å²) in [5, 5.41) is 9.27. The van der Waals surface area contributed by atoms with Crippen LogP contribution in [0.4, 0.5) is 11.4 Å². The number of piperazine rings is 1. The van der Waals surface area contributed by atoms with E-state index < -0.39 is 16.0 Å². The second-order valence-electron chi connectivity index (χ2n) is 5.20. The van der Waals surface area contributed by atoms with Gasteiger partial charge in [-0.3, -0.25) is 4.72 Å². The van der Waals surface area contributed by atoms with Crippen molar-refractivity contribution < 1.29 is 18.3 Å². The molecule has 1 aliphatic rings. The van der Waals surface area contributed by atoms with Gasteiger partial charge in [-0.05, 0) is 25.2 Å². The Balaban J connectivity index is 2.30. The van der Waals surface area contributed by atoms with Gasteiger partial charge in [0.25, 0.3) is 0 Å². The molecule has 0 aromatic heterocycles. The molecule has 1 aliphatic heterocycles. The van der Waals surface area contributed by atoms with Crippen LogP contribution in [0.1, 0.15) is 10.4 Å². The molecule has 7 nitrogen and oxygen atoms in total. The highest BCUT2D eigenvalue weighted by molar-refractivity contribution is 7.92. The van der Waals surface area contributed by atoms with Crippen molar-refractivity contribution in [2.24, 2.45) is 0 Å². The third kappa shape index (κ3) is 4.08. The van der Waals surface area contributed by atoms with Crippen LogP contribution < -0.4 is 9.62 Å². The maximum absolute atomic E-state index is 11.3. The second-order valence-corrected chi connectivity index (χ2v) is 6.95. The van der Waals surface area contributed by atoms with Crippen LogP contribution in [-0.2, 0) is 10.0 Å². The molecule has 1 saturated heterocycles. The molecule has 1 aromatic carbocycles. The molecule has 1 fully saturated rings. The Kier molecular flexibility index (Phi) is 4.38. The molecule has 0 unspecified atom stereocenters. The number of nitrogens with zero attached hydrogens (tertiary/aromatic N) is 2. The average Bonchev–Trinajstić information content (AvgIpc) is 2.38. The van der Waals surface area contributed by atoms with Crippen molar-refractivity contribution >= 4 is 27.4 Å². The molecule has 0 atom stereocenters. The minimum atomic E-state index is -3.51. The maximum Gasteiger partial charge on any atom is 0.337 e. The molecule has 0 spiro atoms. The fourth-order valence-electron chi connectivity index (χ4n) is 2.26. The summed E-state index contributed by atoms with van der Waals surface area (Å²) < 4.78 is 24.8. The molecule has 0 amide bonds. The standard InChI is InChI=1S/C13H19N3O4S/c1-15-5-7-16(8-6-15)10-3-4-12(14-21(2,19)20)11(9-10)13(17)18/h3-4,9,14H,5-8H2,1-2H3,(H,17,18). The van der Waals surface area contributed by atoms with Crippen LogP contribution in [0, 0.1) is 0 Å². The number of carboxylic acids is 1. The zero-order valence-corrected chi connectivity index (χ0v) is 12.9. The second kappa shape index (κ2) is 5.90. The highest BCUT2D eigenvalue weighted by Crippen LogP contribution is 2.25. The van der Waals surface area contributed by atoms with Crippen molar-refractivity contribution in [2.75, 3.05) is 49.1 Å². The summed E-state index contributed by atoms with van der Waals surface area (Å²) in [7, 11) is -1.47. The first kappa shape index (κ1) is 15.6. The highest BCUT2D eigenvalue weighted by atomic mass is 32.2. The monoisotopic (exact) mass is 313 g/mol. The molecule has 2 N–H and O–H groups in total. The molecule has 1 heterocycles. The van der Waals surface area contributed by atoms with Gasteiger partial charge in [0.1, 0.15) is 0 Å². The molecule has 8 heteroatoms. The maximum atomic E-state index is 11.3. The SMILES string of the molecule is CN1CCN(c2ccc(NS(C)(=O)=O)c(C(=O)O)c2)CC1. The summed E-state index contributed by atoms with van der Waals surface area (Å²) >= 11 is 0. The zero-order chi connectivity index (χ0) is 15.6. The van der Waals surface area contributed by atoms with Crippen molar-refractivity contribution in [3.8, 4) is 0 Å². The number of carbonyl (C=O) groups is 1. The number of carboxylic acid groups (broad SMARTS) is 1. The van der Waals surface area contributed by atoms with Crippen LogP contribution in [0.3, 0.4) is 0 Å². The Morgan fingerprint density at radius 1 is 1.24 bits per heavy atom.